The fourth-order valence-corrected chi connectivity index (χ4v) is 3.48. The number of rotatable bonds is 4. The number of amides is 2. The van der Waals surface area contributed by atoms with Crippen LogP contribution in [0.5, 0.6) is 17.2 Å². The van der Waals surface area contributed by atoms with Crippen molar-refractivity contribution in [3.05, 3.63) is 47.0 Å². The Morgan fingerprint density at radius 2 is 1.74 bits per heavy atom. The quantitative estimate of drug-likeness (QED) is 0.743. The molecule has 0 aromatic heterocycles. The molecule has 5 heteroatoms. The van der Waals surface area contributed by atoms with Gasteiger partial charge in [-0.2, -0.15) is 0 Å². The van der Waals surface area contributed by atoms with Gasteiger partial charge >= 0.3 is 6.03 Å². The molecule has 1 saturated heterocycles. The third kappa shape index (κ3) is 4.35. The Hall–Kier alpha value is -2.69. The van der Waals surface area contributed by atoms with Gasteiger partial charge in [-0.3, -0.25) is 0 Å². The molecule has 0 aliphatic carbocycles. The molecule has 0 radical (unpaired) electrons. The molecule has 0 spiro atoms. The van der Waals surface area contributed by atoms with E-state index < -0.39 is 0 Å². The summed E-state index contributed by atoms with van der Waals surface area (Å²) in [6, 6.07) is 9.13. The minimum absolute atomic E-state index is 0.0416. The number of hydrogen-bond donors (Lipinski definition) is 2. The lowest BCUT2D eigenvalue weighted by Crippen LogP contribution is -2.32. The third-order valence-corrected chi connectivity index (χ3v) is 4.95. The standard InChI is InChI=1S/C22H28N2O3/c1-14(2)19-13-18(7-8-20(19)25)27-21-15(3)11-17(12-16(21)4)23-22(26)24-9-5-6-10-24/h7-8,11-14,25H,5-6,9-10H2,1-4H3,(H,23,26). The minimum Gasteiger partial charge on any atom is -0.508 e. The van der Waals surface area contributed by atoms with Crippen molar-refractivity contribution >= 4 is 11.7 Å². The third-order valence-electron chi connectivity index (χ3n) is 4.95. The molecule has 2 aromatic carbocycles. The van der Waals surface area contributed by atoms with E-state index in [1.54, 1.807) is 12.1 Å². The van der Waals surface area contributed by atoms with Crippen molar-refractivity contribution in [3.8, 4) is 17.2 Å². The molecule has 2 aromatic rings. The number of likely N-dealkylation sites (tertiary alicyclic amines) is 1. The van der Waals surface area contributed by atoms with Gasteiger partial charge in [0.05, 0.1) is 0 Å². The molecule has 27 heavy (non-hydrogen) atoms. The van der Waals surface area contributed by atoms with Gasteiger partial charge in [0.15, 0.2) is 0 Å². The van der Waals surface area contributed by atoms with Gasteiger partial charge in [-0.05, 0) is 74.1 Å². The van der Waals surface area contributed by atoms with Crippen molar-refractivity contribution in [1.82, 2.24) is 4.90 Å². The van der Waals surface area contributed by atoms with E-state index in [1.807, 2.05) is 50.8 Å². The van der Waals surface area contributed by atoms with Gasteiger partial charge in [0, 0.05) is 24.3 Å². The number of urea groups is 1. The summed E-state index contributed by atoms with van der Waals surface area (Å²) in [5, 5.41) is 13.0. The molecule has 2 amide bonds. The molecule has 1 heterocycles. The van der Waals surface area contributed by atoms with Crippen LogP contribution >= 0.6 is 0 Å². The van der Waals surface area contributed by atoms with Gasteiger partial charge in [-0.1, -0.05) is 13.8 Å². The summed E-state index contributed by atoms with van der Waals surface area (Å²) in [7, 11) is 0. The largest absolute Gasteiger partial charge is 0.508 e. The molecular weight excluding hydrogens is 340 g/mol. The Bertz CT molecular complexity index is 816. The Morgan fingerprint density at radius 1 is 1.11 bits per heavy atom. The molecule has 0 atom stereocenters. The first-order valence-corrected chi connectivity index (χ1v) is 9.53. The number of anilines is 1. The molecule has 0 bridgehead atoms. The number of phenols is 1. The number of hydrogen-bond acceptors (Lipinski definition) is 3. The van der Waals surface area contributed by atoms with Crippen molar-refractivity contribution in [3.63, 3.8) is 0 Å². The van der Waals surface area contributed by atoms with Crippen LogP contribution < -0.4 is 10.1 Å². The second kappa shape index (κ2) is 7.91. The molecule has 5 nitrogen and oxygen atoms in total. The van der Waals surface area contributed by atoms with Gasteiger partial charge in [0.2, 0.25) is 0 Å². The van der Waals surface area contributed by atoms with E-state index in [0.717, 1.165) is 54.1 Å². The SMILES string of the molecule is Cc1cc(NC(=O)N2CCCC2)cc(C)c1Oc1ccc(O)c(C(C)C)c1. The zero-order valence-electron chi connectivity index (χ0n) is 16.5. The topological polar surface area (TPSA) is 61.8 Å². The molecule has 2 N–H and O–H groups in total. The van der Waals surface area contributed by atoms with Crippen molar-refractivity contribution < 1.29 is 14.6 Å². The van der Waals surface area contributed by atoms with Crippen molar-refractivity contribution in [2.45, 2.75) is 46.5 Å². The van der Waals surface area contributed by atoms with Crippen LogP contribution in [-0.2, 0) is 0 Å². The van der Waals surface area contributed by atoms with Crippen LogP contribution in [0, 0.1) is 13.8 Å². The van der Waals surface area contributed by atoms with E-state index in [9.17, 15) is 9.90 Å². The maximum absolute atomic E-state index is 12.3. The maximum atomic E-state index is 12.3. The van der Waals surface area contributed by atoms with E-state index in [1.165, 1.54) is 0 Å². The molecule has 1 aliphatic heterocycles. The highest BCUT2D eigenvalue weighted by atomic mass is 16.5. The fourth-order valence-electron chi connectivity index (χ4n) is 3.48. The zero-order valence-corrected chi connectivity index (χ0v) is 16.5. The summed E-state index contributed by atoms with van der Waals surface area (Å²) >= 11 is 0. The zero-order chi connectivity index (χ0) is 19.6. The Balaban J connectivity index is 1.79. The number of nitrogens with zero attached hydrogens (tertiary/aromatic N) is 1. The number of ether oxygens (including phenoxy) is 1. The highest BCUT2D eigenvalue weighted by molar-refractivity contribution is 5.90. The van der Waals surface area contributed by atoms with Gasteiger partial charge in [-0.15, -0.1) is 0 Å². The highest BCUT2D eigenvalue weighted by Crippen LogP contribution is 2.35. The van der Waals surface area contributed by atoms with E-state index in [2.05, 4.69) is 5.32 Å². The molecular formula is C22H28N2O3. The van der Waals surface area contributed by atoms with Crippen LogP contribution in [0.1, 0.15) is 49.3 Å². The molecule has 1 fully saturated rings. The maximum Gasteiger partial charge on any atom is 0.321 e. The molecule has 0 saturated carbocycles. The lowest BCUT2D eigenvalue weighted by Gasteiger charge is -2.19. The van der Waals surface area contributed by atoms with E-state index >= 15 is 0 Å². The van der Waals surface area contributed by atoms with E-state index in [0.29, 0.717) is 5.75 Å². The Morgan fingerprint density at radius 3 is 2.33 bits per heavy atom. The lowest BCUT2D eigenvalue weighted by atomic mass is 10.0. The number of carbonyl (C=O) groups excluding carboxylic acids is 1. The monoisotopic (exact) mass is 368 g/mol. The predicted octanol–water partition coefficient (Wildman–Crippen LogP) is 5.55. The van der Waals surface area contributed by atoms with Crippen LogP contribution in [0.2, 0.25) is 0 Å². The minimum atomic E-state index is -0.0416. The summed E-state index contributed by atoms with van der Waals surface area (Å²) in [5.41, 5.74) is 3.54. The van der Waals surface area contributed by atoms with Crippen molar-refractivity contribution in [2.24, 2.45) is 0 Å². The summed E-state index contributed by atoms with van der Waals surface area (Å²) in [4.78, 5) is 14.2. The van der Waals surface area contributed by atoms with Crippen molar-refractivity contribution in [1.29, 1.82) is 0 Å². The number of phenolic OH excluding ortho intramolecular Hbond substituents is 1. The van der Waals surface area contributed by atoms with Gasteiger partial charge in [0.25, 0.3) is 0 Å². The van der Waals surface area contributed by atoms with Gasteiger partial charge in [-0.25, -0.2) is 4.79 Å². The van der Waals surface area contributed by atoms with E-state index in [-0.39, 0.29) is 17.7 Å². The van der Waals surface area contributed by atoms with Crippen LogP contribution in [0.4, 0.5) is 10.5 Å². The second-order valence-corrected chi connectivity index (χ2v) is 7.54. The molecule has 3 rings (SSSR count). The normalized spacial score (nSPS) is 13.9. The summed E-state index contributed by atoms with van der Waals surface area (Å²) in [6.07, 6.45) is 2.15. The first kappa shape index (κ1) is 19.1. The first-order chi connectivity index (χ1) is 12.8. The summed E-state index contributed by atoms with van der Waals surface area (Å²) < 4.78 is 6.11. The lowest BCUT2D eigenvalue weighted by molar-refractivity contribution is 0.222. The molecule has 144 valence electrons. The smallest absolute Gasteiger partial charge is 0.321 e. The van der Waals surface area contributed by atoms with Gasteiger partial charge in [0.1, 0.15) is 17.2 Å². The Labute approximate surface area is 161 Å². The fraction of sp³-hybridized carbons (Fsp3) is 0.409. The van der Waals surface area contributed by atoms with Crippen LogP contribution in [0.25, 0.3) is 0 Å². The predicted molar refractivity (Wildman–Crippen MR) is 108 cm³/mol. The molecule has 1 aliphatic rings. The van der Waals surface area contributed by atoms with Crippen LogP contribution in [0.15, 0.2) is 30.3 Å². The van der Waals surface area contributed by atoms with E-state index in [4.69, 9.17) is 4.74 Å². The number of carbonyl (C=O) groups is 1. The van der Waals surface area contributed by atoms with Gasteiger partial charge < -0.3 is 20.1 Å². The number of aryl methyl sites for hydroxylation is 2. The molecule has 0 unspecified atom stereocenters. The number of aromatic hydroxyl groups is 1. The summed E-state index contributed by atoms with van der Waals surface area (Å²) in [5.74, 6) is 1.95. The Kier molecular flexibility index (Phi) is 5.59. The highest BCUT2D eigenvalue weighted by Gasteiger charge is 2.18. The summed E-state index contributed by atoms with van der Waals surface area (Å²) in [6.45, 7) is 9.66. The average Bonchev–Trinajstić information content (AvgIpc) is 3.14. The average molecular weight is 368 g/mol. The van der Waals surface area contributed by atoms with Crippen molar-refractivity contribution in [2.75, 3.05) is 18.4 Å². The van der Waals surface area contributed by atoms with Crippen LogP contribution in [0.3, 0.4) is 0 Å². The second-order valence-electron chi connectivity index (χ2n) is 7.54. The number of nitrogens with one attached hydrogen (secondary N) is 1. The first-order valence-electron chi connectivity index (χ1n) is 9.53. The van der Waals surface area contributed by atoms with Crippen LogP contribution in [-0.4, -0.2) is 29.1 Å². The number of benzene rings is 2.